The molecular weight excluding hydrogens is 285 g/mol. The van der Waals surface area contributed by atoms with E-state index in [1.54, 1.807) is 12.3 Å². The highest BCUT2D eigenvalue weighted by molar-refractivity contribution is 9.10. The molecule has 0 spiro atoms. The van der Waals surface area contributed by atoms with Gasteiger partial charge in [0.1, 0.15) is 5.82 Å². The van der Waals surface area contributed by atoms with E-state index in [1.165, 1.54) is 6.07 Å². The highest BCUT2D eigenvalue weighted by Gasteiger charge is 2.17. The van der Waals surface area contributed by atoms with Crippen LogP contribution in [0.1, 0.15) is 24.2 Å². The van der Waals surface area contributed by atoms with E-state index in [9.17, 15) is 4.39 Å². The first kappa shape index (κ1) is 12.3. The number of nitrogens with zero attached hydrogens (tertiary/aromatic N) is 2. The molecule has 1 aromatic heterocycles. The molecule has 0 aliphatic rings. The molecule has 1 atom stereocenters. The van der Waals surface area contributed by atoms with Crippen molar-refractivity contribution in [3.8, 4) is 0 Å². The van der Waals surface area contributed by atoms with E-state index in [1.807, 2.05) is 23.7 Å². The van der Waals surface area contributed by atoms with E-state index in [-0.39, 0.29) is 11.9 Å². The normalized spacial score (nSPS) is 12.7. The lowest BCUT2D eigenvalue weighted by Gasteiger charge is -2.15. The molecule has 0 saturated heterocycles. The molecule has 2 rings (SSSR count). The van der Waals surface area contributed by atoms with Crippen molar-refractivity contribution >= 4 is 15.9 Å². The number of benzene rings is 1. The molecule has 17 heavy (non-hydrogen) atoms. The average molecular weight is 298 g/mol. The standard InChI is InChI=1S/C12H13BrFN3/c1-2-17-10(6-7-16-17)12(15)8-4-3-5-9(14)11(8)13/h3-7,12H,2,15H2,1H3. The van der Waals surface area contributed by atoms with Crippen molar-refractivity contribution in [1.82, 2.24) is 9.78 Å². The molecule has 2 aromatic rings. The van der Waals surface area contributed by atoms with E-state index < -0.39 is 0 Å². The second kappa shape index (κ2) is 4.98. The largest absolute Gasteiger partial charge is 0.319 e. The highest BCUT2D eigenvalue weighted by atomic mass is 79.9. The van der Waals surface area contributed by atoms with Gasteiger partial charge in [-0.25, -0.2) is 4.39 Å². The third kappa shape index (κ3) is 2.25. The smallest absolute Gasteiger partial charge is 0.137 e. The zero-order valence-electron chi connectivity index (χ0n) is 9.40. The molecule has 90 valence electrons. The van der Waals surface area contributed by atoms with Crippen LogP contribution in [0.15, 0.2) is 34.9 Å². The van der Waals surface area contributed by atoms with Crippen molar-refractivity contribution in [3.05, 3.63) is 52.0 Å². The van der Waals surface area contributed by atoms with Gasteiger partial charge in [-0.1, -0.05) is 12.1 Å². The minimum Gasteiger partial charge on any atom is -0.319 e. The summed E-state index contributed by atoms with van der Waals surface area (Å²) in [6.07, 6.45) is 1.70. The maximum atomic E-state index is 13.4. The Morgan fingerprint density at radius 1 is 1.47 bits per heavy atom. The van der Waals surface area contributed by atoms with Crippen LogP contribution in [0.25, 0.3) is 0 Å². The average Bonchev–Trinajstić information content (AvgIpc) is 2.80. The van der Waals surface area contributed by atoms with Crippen LogP contribution in [0.5, 0.6) is 0 Å². The van der Waals surface area contributed by atoms with Crippen molar-refractivity contribution in [2.75, 3.05) is 0 Å². The molecule has 0 amide bonds. The summed E-state index contributed by atoms with van der Waals surface area (Å²) < 4.78 is 15.7. The van der Waals surface area contributed by atoms with Gasteiger partial charge in [0.25, 0.3) is 0 Å². The quantitative estimate of drug-likeness (QED) is 0.947. The van der Waals surface area contributed by atoms with Gasteiger partial charge >= 0.3 is 0 Å². The Bertz CT molecular complexity index is 524. The predicted molar refractivity (Wildman–Crippen MR) is 68.0 cm³/mol. The predicted octanol–water partition coefficient (Wildman–Crippen LogP) is 2.85. The van der Waals surface area contributed by atoms with Gasteiger partial charge in [0, 0.05) is 12.7 Å². The zero-order chi connectivity index (χ0) is 12.4. The van der Waals surface area contributed by atoms with Crippen molar-refractivity contribution in [2.45, 2.75) is 19.5 Å². The number of hydrogen-bond acceptors (Lipinski definition) is 2. The van der Waals surface area contributed by atoms with Crippen LogP contribution in [0.4, 0.5) is 4.39 Å². The summed E-state index contributed by atoms with van der Waals surface area (Å²) in [5, 5.41) is 4.16. The van der Waals surface area contributed by atoms with E-state index in [0.29, 0.717) is 4.47 Å². The van der Waals surface area contributed by atoms with E-state index in [4.69, 9.17) is 5.73 Å². The fourth-order valence-corrected chi connectivity index (χ4v) is 2.30. The van der Waals surface area contributed by atoms with Crippen molar-refractivity contribution in [2.24, 2.45) is 5.73 Å². The molecule has 0 aliphatic heterocycles. The summed E-state index contributed by atoms with van der Waals surface area (Å²) in [6, 6.07) is 6.33. The highest BCUT2D eigenvalue weighted by Crippen LogP contribution is 2.28. The molecule has 3 nitrogen and oxygen atoms in total. The first-order valence-electron chi connectivity index (χ1n) is 5.36. The lowest BCUT2D eigenvalue weighted by Crippen LogP contribution is -2.17. The summed E-state index contributed by atoms with van der Waals surface area (Å²) in [6.45, 7) is 2.73. The molecule has 1 unspecified atom stereocenters. The van der Waals surface area contributed by atoms with Crippen LogP contribution in [0.3, 0.4) is 0 Å². The van der Waals surface area contributed by atoms with Gasteiger partial charge in [-0.3, -0.25) is 4.68 Å². The fraction of sp³-hybridized carbons (Fsp3) is 0.250. The molecular formula is C12H13BrFN3. The molecule has 0 saturated carbocycles. The molecule has 0 bridgehead atoms. The van der Waals surface area contributed by atoms with Crippen LogP contribution >= 0.6 is 15.9 Å². The number of nitrogens with two attached hydrogens (primary N) is 1. The number of rotatable bonds is 3. The van der Waals surface area contributed by atoms with Gasteiger partial charge in [-0.2, -0.15) is 5.10 Å². The maximum Gasteiger partial charge on any atom is 0.137 e. The van der Waals surface area contributed by atoms with Gasteiger partial charge in [0.15, 0.2) is 0 Å². The van der Waals surface area contributed by atoms with Crippen molar-refractivity contribution < 1.29 is 4.39 Å². The Hall–Kier alpha value is -1.20. The molecule has 2 N–H and O–H groups in total. The molecule has 0 fully saturated rings. The Kier molecular flexibility index (Phi) is 3.59. The van der Waals surface area contributed by atoms with Crippen LogP contribution in [-0.2, 0) is 6.54 Å². The Morgan fingerprint density at radius 2 is 2.24 bits per heavy atom. The van der Waals surface area contributed by atoms with Gasteiger partial charge < -0.3 is 5.73 Å². The number of halogens is 2. The Balaban J connectivity index is 2.44. The summed E-state index contributed by atoms with van der Waals surface area (Å²) in [5.41, 5.74) is 7.75. The van der Waals surface area contributed by atoms with E-state index in [2.05, 4.69) is 21.0 Å². The summed E-state index contributed by atoms with van der Waals surface area (Å²) in [7, 11) is 0. The Labute approximate surface area is 108 Å². The van der Waals surface area contributed by atoms with Gasteiger partial charge in [0.05, 0.1) is 16.2 Å². The van der Waals surface area contributed by atoms with Crippen LogP contribution < -0.4 is 5.73 Å². The Morgan fingerprint density at radius 3 is 2.94 bits per heavy atom. The third-order valence-electron chi connectivity index (χ3n) is 2.68. The minimum absolute atomic E-state index is 0.305. The first-order valence-corrected chi connectivity index (χ1v) is 6.15. The molecule has 5 heteroatoms. The minimum atomic E-state index is -0.387. The van der Waals surface area contributed by atoms with Gasteiger partial charge in [-0.15, -0.1) is 0 Å². The van der Waals surface area contributed by atoms with E-state index >= 15 is 0 Å². The molecule has 1 heterocycles. The monoisotopic (exact) mass is 297 g/mol. The second-order valence-corrected chi connectivity index (χ2v) is 4.49. The fourth-order valence-electron chi connectivity index (χ4n) is 1.79. The second-order valence-electron chi connectivity index (χ2n) is 3.69. The van der Waals surface area contributed by atoms with E-state index in [0.717, 1.165) is 17.8 Å². The van der Waals surface area contributed by atoms with Gasteiger partial charge in [0.2, 0.25) is 0 Å². The summed E-state index contributed by atoms with van der Waals surface area (Å²) >= 11 is 3.23. The lowest BCUT2D eigenvalue weighted by molar-refractivity contribution is 0.591. The topological polar surface area (TPSA) is 43.8 Å². The molecule has 0 radical (unpaired) electrons. The first-order chi connectivity index (χ1) is 8.15. The third-order valence-corrected chi connectivity index (χ3v) is 3.52. The van der Waals surface area contributed by atoms with Crippen molar-refractivity contribution in [1.29, 1.82) is 0 Å². The summed E-state index contributed by atoms with van der Waals surface area (Å²) in [4.78, 5) is 0. The SMILES string of the molecule is CCn1nccc1C(N)c1cccc(F)c1Br. The van der Waals surface area contributed by atoms with Gasteiger partial charge in [-0.05, 0) is 40.5 Å². The lowest BCUT2D eigenvalue weighted by atomic mass is 10.0. The maximum absolute atomic E-state index is 13.4. The number of aryl methyl sites for hydroxylation is 1. The van der Waals surface area contributed by atoms with Crippen LogP contribution in [0.2, 0.25) is 0 Å². The van der Waals surface area contributed by atoms with Crippen LogP contribution in [0, 0.1) is 5.82 Å². The summed E-state index contributed by atoms with van der Waals surface area (Å²) in [5.74, 6) is -0.305. The molecule has 0 aliphatic carbocycles. The van der Waals surface area contributed by atoms with Crippen LogP contribution in [-0.4, -0.2) is 9.78 Å². The molecule has 1 aromatic carbocycles. The number of aromatic nitrogens is 2. The zero-order valence-corrected chi connectivity index (χ0v) is 11.0. The van der Waals surface area contributed by atoms with Crippen molar-refractivity contribution in [3.63, 3.8) is 0 Å². The number of hydrogen-bond donors (Lipinski definition) is 1.